The molecule has 2 heterocycles. The van der Waals surface area contributed by atoms with E-state index in [0.717, 1.165) is 30.8 Å². The van der Waals surface area contributed by atoms with Crippen molar-refractivity contribution in [3.63, 3.8) is 0 Å². The number of nitrogens with one attached hydrogen (secondary N) is 1. The number of piperidine rings is 1. The first-order chi connectivity index (χ1) is 8.92. The molecule has 1 fully saturated rings. The summed E-state index contributed by atoms with van der Waals surface area (Å²) in [6, 6.07) is 6.77. The molecule has 96 valence electrons. The summed E-state index contributed by atoms with van der Waals surface area (Å²) in [4.78, 5) is 4.27. The molecule has 1 unspecified atom stereocenters. The van der Waals surface area contributed by atoms with Crippen LogP contribution in [0, 0.1) is 0 Å². The highest BCUT2D eigenvalue weighted by molar-refractivity contribution is 7.16. The second-order valence-corrected chi connectivity index (χ2v) is 5.65. The van der Waals surface area contributed by atoms with Crippen LogP contribution in [0.4, 0.5) is 0 Å². The Morgan fingerprint density at radius 3 is 3.28 bits per heavy atom. The third kappa shape index (κ3) is 2.82. The normalized spacial score (nSPS) is 20.1. The SMILES string of the molecule is c1nc2ccc(OCCC3CCCCN3)cc2s1. The van der Waals surface area contributed by atoms with Gasteiger partial charge in [-0.2, -0.15) is 0 Å². The lowest BCUT2D eigenvalue weighted by Crippen LogP contribution is -2.35. The van der Waals surface area contributed by atoms with Crippen LogP contribution in [0.15, 0.2) is 23.7 Å². The quantitative estimate of drug-likeness (QED) is 0.918. The molecule has 1 aromatic heterocycles. The van der Waals surface area contributed by atoms with Crippen LogP contribution < -0.4 is 10.1 Å². The number of thiazole rings is 1. The summed E-state index contributed by atoms with van der Waals surface area (Å²) in [6.07, 6.45) is 5.06. The van der Waals surface area contributed by atoms with Crippen molar-refractivity contribution in [2.24, 2.45) is 0 Å². The van der Waals surface area contributed by atoms with Crippen LogP contribution in [-0.4, -0.2) is 24.2 Å². The molecule has 1 N–H and O–H groups in total. The first kappa shape index (κ1) is 11.9. The summed E-state index contributed by atoms with van der Waals surface area (Å²) in [6.45, 7) is 1.96. The van der Waals surface area contributed by atoms with Crippen LogP contribution in [0.3, 0.4) is 0 Å². The monoisotopic (exact) mass is 262 g/mol. The van der Waals surface area contributed by atoms with Gasteiger partial charge in [0.25, 0.3) is 0 Å². The Bertz CT molecular complexity index is 505. The van der Waals surface area contributed by atoms with Gasteiger partial charge < -0.3 is 10.1 Å². The molecule has 1 saturated heterocycles. The Balaban J connectivity index is 1.52. The molecule has 0 radical (unpaired) electrons. The van der Waals surface area contributed by atoms with Crippen molar-refractivity contribution in [1.29, 1.82) is 0 Å². The fraction of sp³-hybridized carbons (Fsp3) is 0.500. The molecule has 0 bridgehead atoms. The van der Waals surface area contributed by atoms with Crippen LogP contribution in [0.25, 0.3) is 10.2 Å². The Morgan fingerprint density at radius 2 is 2.39 bits per heavy atom. The minimum atomic E-state index is 0.644. The van der Waals surface area contributed by atoms with E-state index in [4.69, 9.17) is 4.74 Å². The van der Waals surface area contributed by atoms with E-state index in [1.165, 1.54) is 24.0 Å². The lowest BCUT2D eigenvalue weighted by Gasteiger charge is -2.23. The summed E-state index contributed by atoms with van der Waals surface area (Å²) in [5, 5.41) is 3.54. The molecule has 0 aliphatic carbocycles. The molecule has 18 heavy (non-hydrogen) atoms. The van der Waals surface area contributed by atoms with Gasteiger partial charge in [0, 0.05) is 6.04 Å². The van der Waals surface area contributed by atoms with Gasteiger partial charge in [0.05, 0.1) is 22.3 Å². The van der Waals surface area contributed by atoms with Gasteiger partial charge in [-0.1, -0.05) is 6.42 Å². The van der Waals surface area contributed by atoms with Crippen LogP contribution in [0.1, 0.15) is 25.7 Å². The highest BCUT2D eigenvalue weighted by atomic mass is 32.1. The summed E-state index contributed by atoms with van der Waals surface area (Å²) in [7, 11) is 0. The van der Waals surface area contributed by atoms with E-state index in [1.54, 1.807) is 11.3 Å². The Hall–Kier alpha value is -1.13. The minimum Gasteiger partial charge on any atom is -0.493 e. The van der Waals surface area contributed by atoms with Gasteiger partial charge in [-0.3, -0.25) is 0 Å². The van der Waals surface area contributed by atoms with E-state index in [1.807, 2.05) is 17.6 Å². The molecule has 3 nitrogen and oxygen atoms in total. The van der Waals surface area contributed by atoms with Crippen molar-refractivity contribution < 1.29 is 4.74 Å². The number of benzene rings is 1. The van der Waals surface area contributed by atoms with E-state index in [-0.39, 0.29) is 0 Å². The molecule has 1 atom stereocenters. The number of hydrogen-bond acceptors (Lipinski definition) is 4. The highest BCUT2D eigenvalue weighted by Gasteiger charge is 2.12. The minimum absolute atomic E-state index is 0.644. The average molecular weight is 262 g/mol. The van der Waals surface area contributed by atoms with Crippen molar-refractivity contribution in [2.45, 2.75) is 31.7 Å². The molecule has 1 aromatic carbocycles. The predicted molar refractivity (Wildman–Crippen MR) is 75.4 cm³/mol. The smallest absolute Gasteiger partial charge is 0.120 e. The molecule has 2 aromatic rings. The number of aromatic nitrogens is 1. The van der Waals surface area contributed by atoms with Crippen LogP contribution in [0.2, 0.25) is 0 Å². The third-order valence-electron chi connectivity index (χ3n) is 3.45. The molecule has 1 aliphatic rings. The first-order valence-electron chi connectivity index (χ1n) is 6.61. The van der Waals surface area contributed by atoms with E-state index >= 15 is 0 Å². The lowest BCUT2D eigenvalue weighted by molar-refractivity contribution is 0.268. The maximum Gasteiger partial charge on any atom is 0.120 e. The largest absolute Gasteiger partial charge is 0.493 e. The van der Waals surface area contributed by atoms with Crippen LogP contribution >= 0.6 is 11.3 Å². The van der Waals surface area contributed by atoms with E-state index < -0.39 is 0 Å². The van der Waals surface area contributed by atoms with Crippen molar-refractivity contribution in [2.75, 3.05) is 13.2 Å². The zero-order chi connectivity index (χ0) is 12.2. The van der Waals surface area contributed by atoms with Crippen LogP contribution in [-0.2, 0) is 0 Å². The van der Waals surface area contributed by atoms with Gasteiger partial charge in [-0.15, -0.1) is 11.3 Å². The van der Waals surface area contributed by atoms with Gasteiger partial charge in [-0.05, 0) is 44.0 Å². The fourth-order valence-electron chi connectivity index (χ4n) is 2.41. The molecule has 3 rings (SSSR count). The summed E-state index contributed by atoms with van der Waals surface area (Å²) in [5.41, 5.74) is 2.93. The Labute approximate surface area is 111 Å². The molecule has 0 amide bonds. The number of hydrogen-bond donors (Lipinski definition) is 1. The highest BCUT2D eigenvalue weighted by Crippen LogP contribution is 2.23. The molecule has 0 saturated carbocycles. The zero-order valence-corrected chi connectivity index (χ0v) is 11.2. The Morgan fingerprint density at radius 1 is 1.39 bits per heavy atom. The fourth-order valence-corrected chi connectivity index (χ4v) is 3.12. The maximum atomic E-state index is 5.83. The van der Waals surface area contributed by atoms with Gasteiger partial charge in [0.2, 0.25) is 0 Å². The van der Waals surface area contributed by atoms with Gasteiger partial charge in [-0.25, -0.2) is 4.98 Å². The third-order valence-corrected chi connectivity index (χ3v) is 4.24. The second-order valence-electron chi connectivity index (χ2n) is 4.77. The van der Waals surface area contributed by atoms with Crippen molar-refractivity contribution in [3.05, 3.63) is 23.7 Å². The summed E-state index contributed by atoms with van der Waals surface area (Å²) < 4.78 is 7.02. The lowest BCUT2D eigenvalue weighted by atomic mass is 10.0. The molecule has 4 heteroatoms. The summed E-state index contributed by atoms with van der Waals surface area (Å²) >= 11 is 1.66. The van der Waals surface area contributed by atoms with Crippen molar-refractivity contribution in [1.82, 2.24) is 10.3 Å². The zero-order valence-electron chi connectivity index (χ0n) is 10.4. The molecule has 1 aliphatic heterocycles. The van der Waals surface area contributed by atoms with Gasteiger partial charge >= 0.3 is 0 Å². The maximum absolute atomic E-state index is 5.83. The summed E-state index contributed by atoms with van der Waals surface area (Å²) in [5.74, 6) is 0.961. The topological polar surface area (TPSA) is 34.1 Å². The van der Waals surface area contributed by atoms with E-state index in [0.29, 0.717) is 6.04 Å². The standard InChI is InChI=1S/C14H18N2OS/c1-2-7-15-11(3-1)6-8-17-12-4-5-13-14(9-12)18-10-16-13/h4-5,9-11,15H,1-3,6-8H2. The van der Waals surface area contributed by atoms with Crippen LogP contribution in [0.5, 0.6) is 5.75 Å². The van der Waals surface area contributed by atoms with E-state index in [2.05, 4.69) is 16.4 Å². The number of rotatable bonds is 4. The predicted octanol–water partition coefficient (Wildman–Crippen LogP) is 3.21. The molecular formula is C14H18N2OS. The van der Waals surface area contributed by atoms with E-state index in [9.17, 15) is 0 Å². The van der Waals surface area contributed by atoms with Gasteiger partial charge in [0.1, 0.15) is 5.75 Å². The van der Waals surface area contributed by atoms with Crippen molar-refractivity contribution >= 4 is 21.6 Å². The van der Waals surface area contributed by atoms with Crippen molar-refractivity contribution in [3.8, 4) is 5.75 Å². The first-order valence-corrected chi connectivity index (χ1v) is 7.49. The number of nitrogens with zero attached hydrogens (tertiary/aromatic N) is 1. The van der Waals surface area contributed by atoms with Gasteiger partial charge in [0.15, 0.2) is 0 Å². The average Bonchev–Trinajstić information content (AvgIpc) is 2.87. The Kier molecular flexibility index (Phi) is 3.76. The molecule has 0 spiro atoms. The molecular weight excluding hydrogens is 244 g/mol. The number of ether oxygens (including phenoxy) is 1. The second kappa shape index (κ2) is 5.67. The number of fused-ring (bicyclic) bond motifs is 1.